The maximum Gasteiger partial charge on any atom is 0.330 e. The number of para-hydroxylation sites is 1. The van der Waals surface area contributed by atoms with Crippen molar-refractivity contribution in [2.75, 3.05) is 6.61 Å². The van der Waals surface area contributed by atoms with Crippen LogP contribution in [0.5, 0.6) is 0 Å². The molecule has 2 atom stereocenters. The van der Waals surface area contributed by atoms with E-state index >= 15 is 8.78 Å². The molecule has 2 heterocycles. The number of aromatic amines is 1. The van der Waals surface area contributed by atoms with Crippen molar-refractivity contribution in [2.45, 2.75) is 45.7 Å². The van der Waals surface area contributed by atoms with E-state index in [0.29, 0.717) is 6.42 Å². The van der Waals surface area contributed by atoms with Crippen molar-refractivity contribution in [1.82, 2.24) is 9.88 Å². The fraction of sp³-hybridized carbons (Fsp3) is 0.296. The Hall–Kier alpha value is -3.41. The third-order valence-corrected chi connectivity index (χ3v) is 6.22. The van der Waals surface area contributed by atoms with Crippen LogP contribution >= 0.6 is 0 Å². The van der Waals surface area contributed by atoms with Crippen LogP contribution in [-0.2, 0) is 16.0 Å². The van der Waals surface area contributed by atoms with Crippen LogP contribution in [0.4, 0.5) is 8.78 Å². The molecule has 6 heteroatoms. The van der Waals surface area contributed by atoms with Crippen molar-refractivity contribution in [2.24, 2.45) is 0 Å². The summed E-state index contributed by atoms with van der Waals surface area (Å²) >= 11 is 0. The van der Waals surface area contributed by atoms with E-state index in [1.165, 1.54) is 24.3 Å². The molecule has 1 aliphatic rings. The van der Waals surface area contributed by atoms with Crippen molar-refractivity contribution in [3.8, 4) is 0 Å². The van der Waals surface area contributed by atoms with Gasteiger partial charge in [0.2, 0.25) is 0 Å². The number of hydrogen-bond acceptors (Lipinski definition) is 3. The number of rotatable bonds is 6. The van der Waals surface area contributed by atoms with E-state index in [2.05, 4.69) is 18.5 Å². The molecule has 4 rings (SSSR count). The summed E-state index contributed by atoms with van der Waals surface area (Å²) in [4.78, 5) is 17.0. The molecule has 4 nitrogen and oxygen atoms in total. The maximum atomic E-state index is 15.5. The summed E-state index contributed by atoms with van der Waals surface area (Å²) in [7, 11) is 0. The molecule has 0 spiro atoms. The molecule has 0 aliphatic carbocycles. The van der Waals surface area contributed by atoms with Crippen molar-refractivity contribution in [3.05, 3.63) is 88.8 Å². The molecule has 0 fully saturated rings. The average Bonchev–Trinajstić information content (AvgIpc) is 3.15. The zero-order valence-electron chi connectivity index (χ0n) is 19.1. The number of aromatic nitrogens is 1. The molecule has 1 N–H and O–H groups in total. The van der Waals surface area contributed by atoms with E-state index in [1.54, 1.807) is 6.92 Å². The van der Waals surface area contributed by atoms with Crippen molar-refractivity contribution in [1.29, 1.82) is 0 Å². The van der Waals surface area contributed by atoms with Gasteiger partial charge in [0, 0.05) is 34.4 Å². The van der Waals surface area contributed by atoms with Crippen molar-refractivity contribution < 1.29 is 18.3 Å². The number of H-pyrrole nitrogens is 1. The Morgan fingerprint density at radius 2 is 1.94 bits per heavy atom. The lowest BCUT2D eigenvalue weighted by atomic mass is 9.87. The van der Waals surface area contributed by atoms with Gasteiger partial charge in [-0.05, 0) is 62.1 Å². The van der Waals surface area contributed by atoms with Gasteiger partial charge in [-0.2, -0.15) is 0 Å². The van der Waals surface area contributed by atoms with E-state index in [9.17, 15) is 4.79 Å². The van der Waals surface area contributed by atoms with Gasteiger partial charge in [0.25, 0.3) is 0 Å². The first kappa shape index (κ1) is 22.8. The first-order chi connectivity index (χ1) is 15.8. The fourth-order valence-electron chi connectivity index (χ4n) is 4.74. The monoisotopic (exact) mass is 450 g/mol. The van der Waals surface area contributed by atoms with Crippen LogP contribution in [0.25, 0.3) is 17.0 Å². The number of benzene rings is 2. The van der Waals surface area contributed by atoms with Crippen LogP contribution in [0.15, 0.2) is 54.8 Å². The highest BCUT2D eigenvalue weighted by Gasteiger charge is 2.38. The maximum absolute atomic E-state index is 15.5. The molecule has 0 saturated carbocycles. The van der Waals surface area contributed by atoms with Crippen LogP contribution in [0.3, 0.4) is 0 Å². The zero-order valence-corrected chi connectivity index (χ0v) is 19.1. The molecule has 0 radical (unpaired) electrons. The summed E-state index contributed by atoms with van der Waals surface area (Å²) < 4.78 is 35.9. The molecule has 3 aromatic rings. The minimum Gasteiger partial charge on any atom is -0.463 e. The van der Waals surface area contributed by atoms with Crippen LogP contribution < -0.4 is 0 Å². The number of esters is 1. The highest BCUT2D eigenvalue weighted by molar-refractivity contribution is 5.87. The number of carbonyl (C=O) groups is 1. The number of ether oxygens (including phenoxy) is 1. The van der Waals surface area contributed by atoms with Gasteiger partial charge in [0.15, 0.2) is 0 Å². The van der Waals surface area contributed by atoms with Gasteiger partial charge in [-0.3, -0.25) is 0 Å². The lowest BCUT2D eigenvalue weighted by molar-refractivity contribution is -0.137. The van der Waals surface area contributed by atoms with Gasteiger partial charge in [0.1, 0.15) is 17.7 Å². The SMILES string of the molecule is C=C(CC)N1[C@H](c2c(F)cc(/C=C/C(=O)OCC)cc2F)c2[nH]c3ccccc3c2C[C@H]1C. The largest absolute Gasteiger partial charge is 0.463 e. The number of hydrogen-bond donors (Lipinski definition) is 1. The summed E-state index contributed by atoms with van der Waals surface area (Å²) in [5.41, 5.74) is 3.85. The van der Waals surface area contributed by atoms with Crippen LogP contribution in [0, 0.1) is 11.6 Å². The molecule has 2 aromatic carbocycles. The number of halogens is 2. The average molecular weight is 451 g/mol. The third-order valence-electron chi connectivity index (χ3n) is 6.22. The minimum absolute atomic E-state index is 0.0105. The standard InChI is InChI=1S/C27H28F2N2O2/c1-5-16(3)31-17(4)13-20-19-9-7-8-10-23(19)30-26(20)27(31)25-21(28)14-18(15-22(25)29)11-12-24(32)33-6-2/h7-12,14-15,17,27,30H,3,5-6,13H2,1-2,4H3/b12-11+/t17-,27-/m1/s1. The number of nitrogens with one attached hydrogen (secondary N) is 1. The summed E-state index contributed by atoms with van der Waals surface area (Å²) in [6.45, 7) is 10.2. The van der Waals surface area contributed by atoms with Crippen LogP contribution in [0.1, 0.15) is 55.6 Å². The van der Waals surface area contributed by atoms with Crippen LogP contribution in [0.2, 0.25) is 0 Å². The molecule has 1 aliphatic heterocycles. The number of carbonyl (C=O) groups excluding carboxylic acids is 1. The number of fused-ring (bicyclic) bond motifs is 3. The summed E-state index contributed by atoms with van der Waals surface area (Å²) in [6.07, 6.45) is 3.94. The summed E-state index contributed by atoms with van der Waals surface area (Å²) in [5.74, 6) is -1.90. The quantitative estimate of drug-likeness (QED) is 0.355. The number of nitrogens with zero attached hydrogens (tertiary/aromatic N) is 1. The lowest BCUT2D eigenvalue weighted by Gasteiger charge is -2.43. The van der Waals surface area contributed by atoms with E-state index in [0.717, 1.165) is 34.3 Å². The second kappa shape index (κ2) is 9.22. The fourth-order valence-corrected chi connectivity index (χ4v) is 4.74. The van der Waals surface area contributed by atoms with Gasteiger partial charge in [0.05, 0.1) is 12.2 Å². The van der Waals surface area contributed by atoms with Crippen molar-refractivity contribution >= 4 is 22.9 Å². The molecular weight excluding hydrogens is 422 g/mol. The number of allylic oxidation sites excluding steroid dienone is 1. The minimum atomic E-state index is -0.674. The summed E-state index contributed by atoms with van der Waals surface area (Å²) in [5, 5.41) is 1.07. The molecular formula is C27H28F2N2O2. The normalized spacial score (nSPS) is 18.0. The van der Waals surface area contributed by atoms with Gasteiger partial charge >= 0.3 is 5.97 Å². The highest BCUT2D eigenvalue weighted by atomic mass is 19.1. The Balaban J connectivity index is 1.86. The molecule has 0 amide bonds. The molecule has 0 saturated heterocycles. The lowest BCUT2D eigenvalue weighted by Crippen LogP contribution is -2.42. The van der Waals surface area contributed by atoms with Crippen LogP contribution in [-0.4, -0.2) is 28.5 Å². The van der Waals surface area contributed by atoms with E-state index < -0.39 is 23.6 Å². The Bertz CT molecular complexity index is 1220. The van der Waals surface area contributed by atoms with E-state index in [1.807, 2.05) is 36.1 Å². The Morgan fingerprint density at radius 3 is 2.61 bits per heavy atom. The Morgan fingerprint density at radius 1 is 1.24 bits per heavy atom. The first-order valence-corrected chi connectivity index (χ1v) is 11.2. The topological polar surface area (TPSA) is 45.3 Å². The first-order valence-electron chi connectivity index (χ1n) is 11.2. The second-order valence-corrected chi connectivity index (χ2v) is 8.33. The Kier molecular flexibility index (Phi) is 6.36. The second-order valence-electron chi connectivity index (χ2n) is 8.33. The molecule has 0 bridgehead atoms. The van der Waals surface area contributed by atoms with Crippen molar-refractivity contribution in [3.63, 3.8) is 0 Å². The summed E-state index contributed by atoms with van der Waals surface area (Å²) in [6, 6.07) is 9.77. The smallest absolute Gasteiger partial charge is 0.330 e. The third kappa shape index (κ3) is 4.17. The molecule has 33 heavy (non-hydrogen) atoms. The zero-order chi connectivity index (χ0) is 23.7. The predicted octanol–water partition coefficient (Wildman–Crippen LogP) is 6.28. The highest BCUT2D eigenvalue weighted by Crippen LogP contribution is 2.44. The van der Waals surface area contributed by atoms with Gasteiger partial charge in [-0.25, -0.2) is 13.6 Å². The molecule has 0 unspecified atom stereocenters. The molecule has 172 valence electrons. The van der Waals surface area contributed by atoms with Gasteiger partial charge in [-0.15, -0.1) is 0 Å². The predicted molar refractivity (Wildman–Crippen MR) is 127 cm³/mol. The molecule has 1 aromatic heterocycles. The van der Waals surface area contributed by atoms with E-state index in [-0.39, 0.29) is 23.8 Å². The Labute approximate surface area is 192 Å². The van der Waals surface area contributed by atoms with Gasteiger partial charge < -0.3 is 14.6 Å². The van der Waals surface area contributed by atoms with E-state index in [4.69, 9.17) is 4.74 Å². The van der Waals surface area contributed by atoms with Gasteiger partial charge in [-0.1, -0.05) is 31.7 Å².